The van der Waals surface area contributed by atoms with E-state index in [1.165, 1.54) is 11.0 Å². The fourth-order valence-corrected chi connectivity index (χ4v) is 5.65. The van der Waals surface area contributed by atoms with E-state index in [1.807, 2.05) is 0 Å². The molecule has 38 heavy (non-hydrogen) atoms. The van der Waals surface area contributed by atoms with Crippen LogP contribution in [-0.4, -0.2) is 100 Å². The van der Waals surface area contributed by atoms with Gasteiger partial charge >= 0.3 is 10.4 Å². The Morgan fingerprint density at radius 3 is 2.11 bits per heavy atom. The molecular formula is C23H29N3O11S. The number of benzene rings is 1. The normalized spacial score (nSPS) is 26.8. The van der Waals surface area contributed by atoms with E-state index in [4.69, 9.17) is 23.3 Å². The number of phenols is 1. The number of nitrogens with zero attached hydrogens (tertiary/aromatic N) is 2. The van der Waals surface area contributed by atoms with E-state index in [0.29, 0.717) is 5.56 Å². The molecule has 3 aliphatic rings. The summed E-state index contributed by atoms with van der Waals surface area (Å²) in [7, 11) is 2.12. The summed E-state index contributed by atoms with van der Waals surface area (Å²) in [5.41, 5.74) is 3.02. The number of allylic oxidation sites excluding steroid dienone is 1. The number of rotatable bonds is 3. The standard InChI is InChI=1S/C23H27N3O7.H2O4S/c1-25(2)12-5-6-13(27)15-10(12)7-9-8-11-17(26(3)4)19(29)16(22(24)32)21(31)23(11,33)20(30)14(9)18(15)28;1-5(2,3)4/h5-6,9,11,17,27,29-30,33H,7-8H2,1-4H3,(H2,24,32);(H2,1,2,3,4)/t9-,11-,17-,23-;/m0./s1. The van der Waals surface area contributed by atoms with Gasteiger partial charge in [-0.25, -0.2) is 0 Å². The molecule has 1 amide bonds. The molecule has 0 spiro atoms. The van der Waals surface area contributed by atoms with Crippen LogP contribution >= 0.6 is 0 Å². The molecule has 0 heterocycles. The smallest absolute Gasteiger partial charge is 0.394 e. The average Bonchev–Trinajstić information content (AvgIpc) is 2.74. The Bertz CT molecular complexity index is 1390. The summed E-state index contributed by atoms with van der Waals surface area (Å²) in [6, 6.07) is 2.06. The zero-order valence-electron chi connectivity index (χ0n) is 20.9. The summed E-state index contributed by atoms with van der Waals surface area (Å²) in [5.74, 6) is -6.53. The third kappa shape index (κ3) is 4.63. The molecule has 0 radical (unpaired) electrons. The van der Waals surface area contributed by atoms with E-state index in [2.05, 4.69) is 0 Å². The lowest BCUT2D eigenvalue weighted by Crippen LogP contribution is -2.63. The van der Waals surface area contributed by atoms with Crippen LogP contribution in [-0.2, 0) is 26.4 Å². The van der Waals surface area contributed by atoms with Crippen molar-refractivity contribution in [2.75, 3.05) is 33.1 Å². The van der Waals surface area contributed by atoms with Crippen molar-refractivity contribution in [1.82, 2.24) is 4.90 Å². The van der Waals surface area contributed by atoms with Crippen LogP contribution < -0.4 is 10.6 Å². The number of primary amides is 1. The summed E-state index contributed by atoms with van der Waals surface area (Å²) in [5, 5.41) is 43.9. The predicted molar refractivity (Wildman–Crippen MR) is 132 cm³/mol. The highest BCUT2D eigenvalue weighted by molar-refractivity contribution is 7.79. The van der Waals surface area contributed by atoms with Gasteiger partial charge in [0.25, 0.3) is 5.91 Å². The van der Waals surface area contributed by atoms with Crippen LogP contribution in [0.2, 0.25) is 0 Å². The highest BCUT2D eigenvalue weighted by atomic mass is 32.3. The first kappa shape index (κ1) is 29.1. The van der Waals surface area contributed by atoms with Gasteiger partial charge in [-0.15, -0.1) is 0 Å². The second kappa shape index (κ2) is 9.67. The van der Waals surface area contributed by atoms with Crippen molar-refractivity contribution >= 4 is 33.6 Å². The number of Topliss-reactive ketones (excluding diaryl/α,β-unsaturated/α-hetero) is 2. The maximum atomic E-state index is 13.5. The zero-order valence-corrected chi connectivity index (χ0v) is 21.7. The summed E-state index contributed by atoms with van der Waals surface area (Å²) in [4.78, 5) is 42.0. The molecule has 0 bridgehead atoms. The lowest BCUT2D eigenvalue weighted by Gasteiger charge is -2.50. The fourth-order valence-electron chi connectivity index (χ4n) is 5.65. The molecule has 3 aliphatic carbocycles. The summed E-state index contributed by atoms with van der Waals surface area (Å²) < 4.78 is 31.6. The summed E-state index contributed by atoms with van der Waals surface area (Å²) in [6.45, 7) is 0. The number of anilines is 1. The molecular weight excluding hydrogens is 526 g/mol. The summed E-state index contributed by atoms with van der Waals surface area (Å²) >= 11 is 0. The molecule has 0 saturated heterocycles. The molecule has 0 aliphatic heterocycles. The number of aliphatic hydroxyl groups excluding tert-OH is 2. The molecule has 208 valence electrons. The van der Waals surface area contributed by atoms with E-state index in [9.17, 15) is 34.8 Å². The van der Waals surface area contributed by atoms with Crippen LogP contribution in [0, 0.1) is 11.8 Å². The van der Waals surface area contributed by atoms with Gasteiger partial charge < -0.3 is 31.1 Å². The van der Waals surface area contributed by atoms with Crippen molar-refractivity contribution < 1.29 is 52.3 Å². The Hall–Kier alpha value is -3.50. The quantitative estimate of drug-likeness (QED) is 0.185. The number of fused-ring (bicyclic) bond motifs is 3. The number of phenolic OH excluding ortho intramolecular Hbond substituents is 1. The van der Waals surface area contributed by atoms with Gasteiger partial charge in [0.15, 0.2) is 11.4 Å². The highest BCUT2D eigenvalue weighted by Crippen LogP contribution is 2.52. The minimum atomic E-state index is -4.67. The van der Waals surface area contributed by atoms with Gasteiger partial charge in [-0.2, -0.15) is 8.42 Å². The van der Waals surface area contributed by atoms with Crippen LogP contribution in [0.15, 0.2) is 34.8 Å². The van der Waals surface area contributed by atoms with Gasteiger partial charge in [0.1, 0.15) is 22.8 Å². The largest absolute Gasteiger partial charge is 0.510 e. The van der Waals surface area contributed by atoms with Crippen molar-refractivity contribution in [2.24, 2.45) is 17.6 Å². The maximum Gasteiger partial charge on any atom is 0.394 e. The Labute approximate surface area is 217 Å². The lowest BCUT2D eigenvalue weighted by molar-refractivity contribution is -0.148. The number of hydrogen-bond acceptors (Lipinski definition) is 11. The topological polar surface area (TPSA) is 239 Å². The number of carbonyl (C=O) groups excluding carboxylic acids is 3. The number of aromatic hydroxyl groups is 1. The Morgan fingerprint density at radius 1 is 1.08 bits per heavy atom. The number of nitrogens with two attached hydrogens (primary N) is 1. The Morgan fingerprint density at radius 2 is 1.63 bits per heavy atom. The van der Waals surface area contributed by atoms with Gasteiger partial charge in [-0.1, -0.05) is 0 Å². The molecule has 0 saturated carbocycles. The second-order valence-corrected chi connectivity index (χ2v) is 10.7. The molecule has 0 fully saturated rings. The number of carbonyl (C=O) groups is 3. The van der Waals surface area contributed by atoms with Crippen LogP contribution in [0.4, 0.5) is 5.69 Å². The van der Waals surface area contributed by atoms with Crippen molar-refractivity contribution in [2.45, 2.75) is 24.5 Å². The SMILES string of the molecule is CN(C)c1ccc(O)c2c1C[C@H]1C[C@H]3[C@H](N(C)C)C(O)=C(C(N)=O)C(=O)[C@@]3(O)C(O)=C1C2=O.O=S(=O)(O)O. The number of amides is 1. The second-order valence-electron chi connectivity index (χ2n) is 9.76. The molecule has 15 heteroatoms. The first-order chi connectivity index (χ1) is 17.3. The molecule has 8 N–H and O–H groups in total. The lowest BCUT2D eigenvalue weighted by atomic mass is 9.58. The zero-order chi connectivity index (χ0) is 29.1. The van der Waals surface area contributed by atoms with E-state index in [1.54, 1.807) is 39.2 Å². The summed E-state index contributed by atoms with van der Waals surface area (Å²) in [6.07, 6.45) is 0.324. The highest BCUT2D eigenvalue weighted by Gasteiger charge is 2.63. The van der Waals surface area contributed by atoms with Gasteiger partial charge in [-0.05, 0) is 50.6 Å². The fraction of sp³-hybridized carbons (Fsp3) is 0.435. The third-order valence-electron chi connectivity index (χ3n) is 7.06. The van der Waals surface area contributed by atoms with Crippen molar-refractivity contribution in [3.05, 3.63) is 45.9 Å². The van der Waals surface area contributed by atoms with Crippen LogP contribution in [0.5, 0.6) is 5.75 Å². The molecule has 14 nitrogen and oxygen atoms in total. The number of hydrogen-bond donors (Lipinski definition) is 7. The maximum absolute atomic E-state index is 13.5. The van der Waals surface area contributed by atoms with Gasteiger partial charge in [0, 0.05) is 31.3 Å². The van der Waals surface area contributed by atoms with E-state index in [-0.39, 0.29) is 29.7 Å². The van der Waals surface area contributed by atoms with Gasteiger partial charge in [0.2, 0.25) is 5.78 Å². The minimum Gasteiger partial charge on any atom is -0.510 e. The molecule has 4 rings (SSSR count). The third-order valence-corrected chi connectivity index (χ3v) is 7.06. The molecule has 4 atom stereocenters. The van der Waals surface area contributed by atoms with E-state index < -0.39 is 68.4 Å². The Balaban J connectivity index is 0.000000732. The minimum absolute atomic E-state index is 0.00184. The van der Waals surface area contributed by atoms with Crippen molar-refractivity contribution in [3.63, 3.8) is 0 Å². The van der Waals surface area contributed by atoms with Gasteiger partial charge in [0.05, 0.1) is 11.6 Å². The number of ketones is 2. The van der Waals surface area contributed by atoms with E-state index in [0.717, 1.165) is 5.69 Å². The molecule has 0 unspecified atom stereocenters. The molecule has 1 aromatic rings. The van der Waals surface area contributed by atoms with Crippen LogP contribution in [0.25, 0.3) is 0 Å². The van der Waals surface area contributed by atoms with Gasteiger partial charge in [-0.3, -0.25) is 28.4 Å². The first-order valence-corrected chi connectivity index (χ1v) is 12.6. The number of aliphatic hydroxyl groups is 3. The van der Waals surface area contributed by atoms with E-state index >= 15 is 0 Å². The van der Waals surface area contributed by atoms with Crippen LogP contribution in [0.3, 0.4) is 0 Å². The molecule has 1 aromatic carbocycles. The predicted octanol–water partition coefficient (Wildman–Crippen LogP) is -0.466. The first-order valence-electron chi connectivity index (χ1n) is 11.2. The molecule has 0 aromatic heterocycles. The van der Waals surface area contributed by atoms with Crippen molar-refractivity contribution in [1.29, 1.82) is 0 Å². The van der Waals surface area contributed by atoms with Crippen molar-refractivity contribution in [3.8, 4) is 5.75 Å². The van der Waals surface area contributed by atoms with Crippen LogP contribution in [0.1, 0.15) is 22.3 Å². The number of likely N-dealkylation sites (N-methyl/N-ethyl adjacent to an activating group) is 1. The Kier molecular flexibility index (Phi) is 7.39. The monoisotopic (exact) mass is 555 g/mol. The average molecular weight is 556 g/mol.